The second-order valence-electron chi connectivity index (χ2n) is 7.11. The Labute approximate surface area is 219 Å². The first-order chi connectivity index (χ1) is 17.4. The summed E-state index contributed by atoms with van der Waals surface area (Å²) in [5.41, 5.74) is 3.00. The molecule has 2 amide bonds. The number of hydrogen-bond donors (Lipinski definition) is 2. The maximum absolute atomic E-state index is 13.5. The molecule has 0 saturated heterocycles. The van der Waals surface area contributed by atoms with E-state index in [1.165, 1.54) is 30.3 Å². The van der Waals surface area contributed by atoms with E-state index in [9.17, 15) is 14.0 Å². The molecule has 1 aromatic heterocycles. The summed E-state index contributed by atoms with van der Waals surface area (Å²) >= 11 is 12.0. The number of carbonyl (C=O) groups excluding carboxylic acids is 2. The van der Waals surface area contributed by atoms with Crippen molar-refractivity contribution in [1.29, 1.82) is 0 Å². The molecule has 1 aliphatic heterocycles. The fourth-order valence-electron chi connectivity index (χ4n) is 3.43. The first-order valence-electron chi connectivity index (χ1n) is 11.0. The summed E-state index contributed by atoms with van der Waals surface area (Å²) in [6, 6.07) is 9.62. The molecule has 0 spiro atoms. The number of carbonyl (C=O) groups is 2. The summed E-state index contributed by atoms with van der Waals surface area (Å²) in [4.78, 5) is 34.7. The van der Waals surface area contributed by atoms with Crippen molar-refractivity contribution in [2.45, 2.75) is 26.9 Å². The third-order valence-electron chi connectivity index (χ3n) is 5.02. The molecule has 8 nitrogen and oxygen atoms in total. The molecule has 0 aliphatic carbocycles. The van der Waals surface area contributed by atoms with Crippen molar-refractivity contribution in [2.75, 3.05) is 20.8 Å². The van der Waals surface area contributed by atoms with Gasteiger partial charge >= 0.3 is 0 Å². The largest absolute Gasteiger partial charge is 0.494 e. The summed E-state index contributed by atoms with van der Waals surface area (Å²) < 4.78 is 18.5. The molecule has 0 fully saturated rings. The predicted octanol–water partition coefficient (Wildman–Crippen LogP) is 4.51. The monoisotopic (exact) mass is 536 g/mol. The van der Waals surface area contributed by atoms with Crippen LogP contribution in [0.5, 0.6) is 5.75 Å². The molecule has 0 atom stereocenters. The van der Waals surface area contributed by atoms with Crippen LogP contribution in [0.2, 0.25) is 10.3 Å². The van der Waals surface area contributed by atoms with Crippen LogP contribution in [0.4, 0.5) is 4.39 Å². The van der Waals surface area contributed by atoms with E-state index in [0.29, 0.717) is 34.0 Å². The molecule has 1 aliphatic rings. The molecular formula is C25H27Cl2FN4O4. The fourth-order valence-corrected chi connectivity index (χ4v) is 3.76. The van der Waals surface area contributed by atoms with Gasteiger partial charge in [0, 0.05) is 31.3 Å². The van der Waals surface area contributed by atoms with Crippen molar-refractivity contribution in [2.24, 2.45) is 0 Å². The van der Waals surface area contributed by atoms with Gasteiger partial charge < -0.3 is 20.1 Å². The molecule has 36 heavy (non-hydrogen) atoms. The number of benzene rings is 2. The standard InChI is InChI=1S/C22H17Cl2FN4O3.C2H6.CH4O/c1-32-18-6-12(2-5-17(18)25)8-26-19(30)11-29-10-14-4-3-13(7-15(14)21(29)31)20-16(23)9-27-22(24)28-20;2*1-2/h2-7,9H,8,10-11H2,1H3,(H,26,30);1-2H3;2H,1H3. The van der Waals surface area contributed by atoms with E-state index in [1.807, 2.05) is 13.8 Å². The van der Waals surface area contributed by atoms with E-state index >= 15 is 0 Å². The lowest BCUT2D eigenvalue weighted by molar-refractivity contribution is -0.122. The van der Waals surface area contributed by atoms with Gasteiger partial charge in [0.1, 0.15) is 6.54 Å². The van der Waals surface area contributed by atoms with Gasteiger partial charge in [0.25, 0.3) is 5.91 Å². The van der Waals surface area contributed by atoms with Gasteiger partial charge in [-0.2, -0.15) is 0 Å². The molecule has 0 radical (unpaired) electrons. The van der Waals surface area contributed by atoms with E-state index < -0.39 is 5.82 Å². The van der Waals surface area contributed by atoms with Crippen LogP contribution in [0.15, 0.2) is 42.6 Å². The van der Waals surface area contributed by atoms with Crippen molar-refractivity contribution >= 4 is 35.0 Å². The number of nitrogens with one attached hydrogen (secondary N) is 1. The predicted molar refractivity (Wildman–Crippen MR) is 137 cm³/mol. The molecule has 2 heterocycles. The molecule has 3 aromatic rings. The minimum absolute atomic E-state index is 0.0493. The number of nitrogens with zero attached hydrogens (tertiary/aromatic N) is 3. The smallest absolute Gasteiger partial charge is 0.254 e. The van der Waals surface area contributed by atoms with Gasteiger partial charge in [-0.15, -0.1) is 0 Å². The van der Waals surface area contributed by atoms with Crippen LogP contribution < -0.4 is 10.1 Å². The summed E-state index contributed by atoms with van der Waals surface area (Å²) in [6.07, 6.45) is 1.40. The molecule has 0 saturated carbocycles. The summed E-state index contributed by atoms with van der Waals surface area (Å²) in [5.74, 6) is -0.979. The number of halogens is 3. The van der Waals surface area contributed by atoms with Gasteiger partial charge in [-0.3, -0.25) is 9.59 Å². The Balaban J connectivity index is 0.00000109. The fraction of sp³-hybridized carbons (Fsp3) is 0.280. The average Bonchev–Trinajstić information content (AvgIpc) is 3.21. The summed E-state index contributed by atoms with van der Waals surface area (Å²) in [7, 11) is 2.37. The van der Waals surface area contributed by atoms with Gasteiger partial charge in [0.15, 0.2) is 11.6 Å². The Hall–Kier alpha value is -3.27. The number of methoxy groups -OCH3 is 1. The van der Waals surface area contributed by atoms with Crippen LogP contribution in [-0.4, -0.2) is 52.6 Å². The van der Waals surface area contributed by atoms with Crippen molar-refractivity contribution in [1.82, 2.24) is 20.2 Å². The molecule has 192 valence electrons. The normalized spacial score (nSPS) is 11.6. The molecule has 0 unspecified atom stereocenters. The molecule has 11 heteroatoms. The van der Waals surface area contributed by atoms with E-state index in [1.54, 1.807) is 24.3 Å². The number of aromatic nitrogens is 2. The third-order valence-corrected chi connectivity index (χ3v) is 5.48. The Kier molecular flexibility index (Phi) is 11.0. The third kappa shape index (κ3) is 6.90. The maximum Gasteiger partial charge on any atom is 0.254 e. The van der Waals surface area contributed by atoms with Gasteiger partial charge in [0.05, 0.1) is 24.0 Å². The number of hydrogen-bond acceptors (Lipinski definition) is 6. The topological polar surface area (TPSA) is 105 Å². The molecular weight excluding hydrogens is 510 g/mol. The lowest BCUT2D eigenvalue weighted by Gasteiger charge is -2.15. The van der Waals surface area contributed by atoms with Crippen molar-refractivity contribution in [3.63, 3.8) is 0 Å². The SMILES string of the molecule is CC.CO.COc1cc(CNC(=O)CN2Cc3ccc(-c4nc(Cl)ncc4Cl)cc3C2=O)ccc1F. The van der Waals surface area contributed by atoms with Crippen LogP contribution in [0.25, 0.3) is 11.3 Å². The number of fused-ring (bicyclic) bond motifs is 1. The van der Waals surface area contributed by atoms with Crippen molar-refractivity contribution in [3.8, 4) is 17.0 Å². The van der Waals surface area contributed by atoms with Crippen LogP contribution in [0.3, 0.4) is 0 Å². The average molecular weight is 537 g/mol. The van der Waals surface area contributed by atoms with E-state index in [0.717, 1.165) is 12.7 Å². The number of amides is 2. The molecule has 2 aromatic carbocycles. The first kappa shape index (κ1) is 29.0. The highest BCUT2D eigenvalue weighted by atomic mass is 35.5. The quantitative estimate of drug-likeness (QED) is 0.449. The number of aliphatic hydroxyl groups is 1. The van der Waals surface area contributed by atoms with E-state index in [4.69, 9.17) is 33.0 Å². The van der Waals surface area contributed by atoms with E-state index in [-0.39, 0.29) is 35.9 Å². The minimum Gasteiger partial charge on any atom is -0.494 e. The summed E-state index contributed by atoms with van der Waals surface area (Å²) in [6.45, 7) is 4.38. The summed E-state index contributed by atoms with van der Waals surface area (Å²) in [5, 5.41) is 10.1. The lowest BCUT2D eigenvalue weighted by atomic mass is 10.0. The van der Waals surface area contributed by atoms with Crippen LogP contribution in [0, 0.1) is 5.82 Å². The van der Waals surface area contributed by atoms with Crippen LogP contribution in [0.1, 0.15) is 35.3 Å². The molecule has 0 bridgehead atoms. The first-order valence-corrected chi connectivity index (χ1v) is 11.8. The molecule has 2 N–H and O–H groups in total. The number of rotatable bonds is 6. The Morgan fingerprint density at radius 1 is 1.19 bits per heavy atom. The highest BCUT2D eigenvalue weighted by molar-refractivity contribution is 6.33. The maximum atomic E-state index is 13.5. The van der Waals surface area contributed by atoms with Crippen molar-refractivity contribution < 1.29 is 23.8 Å². The number of ether oxygens (including phenoxy) is 1. The second-order valence-corrected chi connectivity index (χ2v) is 7.86. The highest BCUT2D eigenvalue weighted by Crippen LogP contribution is 2.31. The second kappa shape index (κ2) is 13.7. The lowest BCUT2D eigenvalue weighted by Crippen LogP contribution is -2.37. The van der Waals surface area contributed by atoms with Crippen LogP contribution >= 0.6 is 23.2 Å². The van der Waals surface area contributed by atoms with Gasteiger partial charge in [-0.1, -0.05) is 43.6 Å². The Bertz CT molecular complexity index is 1230. The Morgan fingerprint density at radius 3 is 2.61 bits per heavy atom. The van der Waals surface area contributed by atoms with Crippen molar-refractivity contribution in [3.05, 3.63) is 75.4 Å². The minimum atomic E-state index is -0.479. The zero-order valence-electron chi connectivity index (χ0n) is 20.3. The zero-order chi connectivity index (χ0) is 26.8. The van der Waals surface area contributed by atoms with Gasteiger partial charge in [-0.25, -0.2) is 14.4 Å². The molecule has 4 rings (SSSR count). The van der Waals surface area contributed by atoms with Crippen LogP contribution in [-0.2, 0) is 17.9 Å². The highest BCUT2D eigenvalue weighted by Gasteiger charge is 2.29. The zero-order valence-corrected chi connectivity index (χ0v) is 21.8. The number of aliphatic hydroxyl groups excluding tert-OH is 1. The van der Waals surface area contributed by atoms with Gasteiger partial charge in [-0.05, 0) is 40.9 Å². The van der Waals surface area contributed by atoms with E-state index in [2.05, 4.69) is 15.3 Å². The van der Waals surface area contributed by atoms with Gasteiger partial charge in [0.2, 0.25) is 11.2 Å². The Morgan fingerprint density at radius 2 is 1.92 bits per heavy atom.